The standard InChI is InChI=1S/C18H26N2O4S/c21-18(20-10-14-7-8-14)12-24-17-6-2-1-4-15(17)11-19-16-5-3-9-25(22,23)13-16/h1-2,4,6,14,16,19H,3,5,7-13H2,(H,20,21). The molecule has 0 spiro atoms. The topological polar surface area (TPSA) is 84.5 Å². The van der Waals surface area contributed by atoms with Crippen LogP contribution in [0, 0.1) is 5.92 Å². The number of ether oxygens (including phenoxy) is 1. The Morgan fingerprint density at radius 3 is 2.76 bits per heavy atom. The second-order valence-electron chi connectivity index (χ2n) is 6.98. The molecule has 0 bridgehead atoms. The van der Waals surface area contributed by atoms with Crippen LogP contribution in [0.1, 0.15) is 31.2 Å². The van der Waals surface area contributed by atoms with Gasteiger partial charge in [0, 0.05) is 24.7 Å². The molecule has 2 fully saturated rings. The molecule has 1 aromatic carbocycles. The predicted molar refractivity (Wildman–Crippen MR) is 96.2 cm³/mol. The Morgan fingerprint density at radius 1 is 1.20 bits per heavy atom. The Bertz CT molecular complexity index is 701. The van der Waals surface area contributed by atoms with Crippen LogP contribution in [0.5, 0.6) is 5.75 Å². The average molecular weight is 366 g/mol. The van der Waals surface area contributed by atoms with E-state index in [2.05, 4.69) is 10.6 Å². The first-order chi connectivity index (χ1) is 12.0. The molecule has 1 aromatic rings. The molecule has 1 aliphatic heterocycles. The average Bonchev–Trinajstić information content (AvgIpc) is 3.40. The summed E-state index contributed by atoms with van der Waals surface area (Å²) in [4.78, 5) is 11.8. The second-order valence-corrected chi connectivity index (χ2v) is 9.21. The van der Waals surface area contributed by atoms with Gasteiger partial charge in [-0.2, -0.15) is 0 Å². The summed E-state index contributed by atoms with van der Waals surface area (Å²) < 4.78 is 29.1. The molecule has 2 N–H and O–H groups in total. The predicted octanol–water partition coefficient (Wildman–Crippen LogP) is 1.26. The number of hydrogen-bond acceptors (Lipinski definition) is 5. The van der Waals surface area contributed by atoms with Crippen LogP contribution in [-0.2, 0) is 21.2 Å². The molecule has 3 rings (SSSR count). The summed E-state index contributed by atoms with van der Waals surface area (Å²) in [7, 11) is -2.92. The van der Waals surface area contributed by atoms with Crippen LogP contribution in [-0.4, -0.2) is 45.0 Å². The molecule has 1 saturated heterocycles. The minimum Gasteiger partial charge on any atom is -0.483 e. The molecule has 25 heavy (non-hydrogen) atoms. The van der Waals surface area contributed by atoms with E-state index in [0.717, 1.165) is 18.5 Å². The van der Waals surface area contributed by atoms with Crippen LogP contribution in [0.25, 0.3) is 0 Å². The first kappa shape index (κ1) is 18.2. The third-order valence-corrected chi connectivity index (χ3v) is 6.48. The van der Waals surface area contributed by atoms with Crippen molar-refractivity contribution >= 4 is 15.7 Å². The van der Waals surface area contributed by atoms with E-state index in [9.17, 15) is 13.2 Å². The quantitative estimate of drug-likeness (QED) is 0.724. The Hall–Kier alpha value is -1.60. The van der Waals surface area contributed by atoms with Crippen LogP contribution in [0.3, 0.4) is 0 Å². The lowest BCUT2D eigenvalue weighted by atomic mass is 10.1. The molecule has 7 heteroatoms. The minimum atomic E-state index is -2.92. The van der Waals surface area contributed by atoms with Crippen molar-refractivity contribution in [3.8, 4) is 5.75 Å². The third-order valence-electron chi connectivity index (χ3n) is 4.66. The van der Waals surface area contributed by atoms with Gasteiger partial charge in [0.1, 0.15) is 5.75 Å². The van der Waals surface area contributed by atoms with E-state index in [1.54, 1.807) is 0 Å². The molecule has 0 aromatic heterocycles. The molecule has 1 unspecified atom stereocenters. The molecular weight excluding hydrogens is 340 g/mol. The maximum atomic E-state index is 11.8. The van der Waals surface area contributed by atoms with Gasteiger partial charge in [-0.1, -0.05) is 18.2 Å². The van der Waals surface area contributed by atoms with E-state index in [1.807, 2.05) is 24.3 Å². The van der Waals surface area contributed by atoms with Gasteiger partial charge in [0.25, 0.3) is 5.91 Å². The van der Waals surface area contributed by atoms with E-state index in [-0.39, 0.29) is 24.3 Å². The highest BCUT2D eigenvalue weighted by Gasteiger charge is 2.24. The van der Waals surface area contributed by atoms with E-state index in [1.165, 1.54) is 12.8 Å². The van der Waals surface area contributed by atoms with Gasteiger partial charge in [0.2, 0.25) is 0 Å². The fourth-order valence-corrected chi connectivity index (χ4v) is 4.67. The first-order valence-corrected chi connectivity index (χ1v) is 10.8. The summed E-state index contributed by atoms with van der Waals surface area (Å²) in [6, 6.07) is 7.53. The Kier molecular flexibility index (Phi) is 5.96. The van der Waals surface area contributed by atoms with Crippen LogP contribution in [0.4, 0.5) is 0 Å². The molecule has 1 atom stereocenters. The van der Waals surface area contributed by atoms with Crippen LogP contribution in [0.15, 0.2) is 24.3 Å². The lowest BCUT2D eigenvalue weighted by molar-refractivity contribution is -0.123. The zero-order valence-corrected chi connectivity index (χ0v) is 15.2. The van der Waals surface area contributed by atoms with Gasteiger partial charge in [0.05, 0.1) is 11.5 Å². The van der Waals surface area contributed by atoms with Crippen molar-refractivity contribution in [3.63, 3.8) is 0 Å². The fourth-order valence-electron chi connectivity index (χ4n) is 3.00. The highest BCUT2D eigenvalue weighted by molar-refractivity contribution is 7.91. The third kappa shape index (κ3) is 6.01. The number of carbonyl (C=O) groups is 1. The van der Waals surface area contributed by atoms with Crippen molar-refractivity contribution in [1.82, 2.24) is 10.6 Å². The molecule has 1 aliphatic carbocycles. The summed E-state index contributed by atoms with van der Waals surface area (Å²) in [5, 5.41) is 6.19. The monoisotopic (exact) mass is 366 g/mol. The maximum absolute atomic E-state index is 11.8. The Labute approximate surface area is 149 Å². The lowest BCUT2D eigenvalue weighted by Crippen LogP contribution is -2.39. The van der Waals surface area contributed by atoms with Crippen molar-refractivity contribution in [2.45, 2.75) is 38.3 Å². The van der Waals surface area contributed by atoms with Crippen molar-refractivity contribution < 1.29 is 17.9 Å². The number of amides is 1. The van der Waals surface area contributed by atoms with Crippen LogP contribution >= 0.6 is 0 Å². The Balaban J connectivity index is 1.48. The highest BCUT2D eigenvalue weighted by Crippen LogP contribution is 2.27. The maximum Gasteiger partial charge on any atom is 0.257 e. The summed E-state index contributed by atoms with van der Waals surface area (Å²) in [5.74, 6) is 1.69. The fraction of sp³-hybridized carbons (Fsp3) is 0.611. The van der Waals surface area contributed by atoms with Gasteiger partial charge in [-0.3, -0.25) is 4.79 Å². The molecule has 1 heterocycles. The molecular formula is C18H26N2O4S. The van der Waals surface area contributed by atoms with E-state index in [4.69, 9.17) is 4.74 Å². The van der Waals surface area contributed by atoms with Gasteiger partial charge in [0.15, 0.2) is 16.4 Å². The minimum absolute atomic E-state index is 0.00153. The molecule has 1 amide bonds. The van der Waals surface area contributed by atoms with E-state index in [0.29, 0.717) is 30.4 Å². The normalized spacial score (nSPS) is 22.3. The van der Waals surface area contributed by atoms with E-state index >= 15 is 0 Å². The number of nitrogens with one attached hydrogen (secondary N) is 2. The molecule has 1 saturated carbocycles. The zero-order chi connectivity index (χ0) is 17.7. The molecule has 138 valence electrons. The highest BCUT2D eigenvalue weighted by atomic mass is 32.2. The van der Waals surface area contributed by atoms with Crippen molar-refractivity contribution in [1.29, 1.82) is 0 Å². The van der Waals surface area contributed by atoms with Gasteiger partial charge >= 0.3 is 0 Å². The summed E-state index contributed by atoms with van der Waals surface area (Å²) >= 11 is 0. The number of benzene rings is 1. The second kappa shape index (κ2) is 8.19. The number of carbonyl (C=O) groups excluding carboxylic acids is 1. The van der Waals surface area contributed by atoms with Gasteiger partial charge in [-0.05, 0) is 37.7 Å². The summed E-state index contributed by atoms with van der Waals surface area (Å²) in [5.41, 5.74) is 0.931. The lowest BCUT2D eigenvalue weighted by Gasteiger charge is -2.23. The number of hydrogen-bond donors (Lipinski definition) is 2. The van der Waals surface area contributed by atoms with Crippen molar-refractivity contribution in [2.75, 3.05) is 24.7 Å². The molecule has 6 nitrogen and oxygen atoms in total. The number of rotatable bonds is 8. The zero-order valence-electron chi connectivity index (χ0n) is 14.4. The van der Waals surface area contributed by atoms with E-state index < -0.39 is 9.84 Å². The summed E-state index contributed by atoms with van der Waals surface area (Å²) in [6.45, 7) is 1.27. The van der Waals surface area contributed by atoms with Crippen molar-refractivity contribution in [2.24, 2.45) is 5.92 Å². The van der Waals surface area contributed by atoms with Crippen molar-refractivity contribution in [3.05, 3.63) is 29.8 Å². The van der Waals surface area contributed by atoms with Gasteiger partial charge in [-0.25, -0.2) is 8.42 Å². The Morgan fingerprint density at radius 2 is 2.00 bits per heavy atom. The largest absolute Gasteiger partial charge is 0.483 e. The van der Waals surface area contributed by atoms with Crippen LogP contribution in [0.2, 0.25) is 0 Å². The molecule has 0 radical (unpaired) electrons. The number of para-hydroxylation sites is 1. The van der Waals surface area contributed by atoms with Gasteiger partial charge in [-0.15, -0.1) is 0 Å². The first-order valence-electron chi connectivity index (χ1n) is 8.93. The van der Waals surface area contributed by atoms with Crippen LogP contribution < -0.4 is 15.4 Å². The van der Waals surface area contributed by atoms with Gasteiger partial charge < -0.3 is 15.4 Å². The SMILES string of the molecule is O=C(COc1ccccc1CNC1CCCS(=O)(=O)C1)NCC1CC1. The smallest absolute Gasteiger partial charge is 0.257 e. The summed E-state index contributed by atoms with van der Waals surface area (Å²) in [6.07, 6.45) is 3.98. The number of sulfone groups is 1. The molecule has 2 aliphatic rings.